The summed E-state index contributed by atoms with van der Waals surface area (Å²) in [5.41, 5.74) is 3.61. The van der Waals surface area contributed by atoms with Crippen LogP contribution in [-0.2, 0) is 0 Å². The molecule has 1 aromatic rings. The van der Waals surface area contributed by atoms with Gasteiger partial charge in [0, 0.05) is 6.04 Å². The summed E-state index contributed by atoms with van der Waals surface area (Å²) >= 11 is 4.74. The van der Waals surface area contributed by atoms with E-state index in [9.17, 15) is 0 Å². The zero-order valence-corrected chi connectivity index (χ0v) is 12.3. The summed E-state index contributed by atoms with van der Waals surface area (Å²) in [6.07, 6.45) is 7.77. The van der Waals surface area contributed by atoms with E-state index < -0.39 is 0 Å². The molecule has 1 saturated heterocycles. The molecule has 0 amide bonds. The summed E-state index contributed by atoms with van der Waals surface area (Å²) < 4.78 is 0. The van der Waals surface area contributed by atoms with Gasteiger partial charge in [0.05, 0.1) is 4.87 Å². The Kier molecular flexibility index (Phi) is 4.33. The van der Waals surface area contributed by atoms with Crippen LogP contribution < -0.4 is 5.32 Å². The summed E-state index contributed by atoms with van der Waals surface area (Å²) in [5, 5.41) is 3.48. The topological polar surface area (TPSA) is 12.0 Å². The van der Waals surface area contributed by atoms with Crippen molar-refractivity contribution in [1.29, 1.82) is 0 Å². The molecule has 1 heterocycles. The van der Waals surface area contributed by atoms with Crippen LogP contribution in [-0.4, -0.2) is 10.9 Å². The van der Waals surface area contributed by atoms with Gasteiger partial charge in [-0.2, -0.15) is 12.6 Å². The molecule has 2 atom stereocenters. The molecule has 0 radical (unpaired) electrons. The number of benzene rings is 1. The molecule has 2 heteroatoms. The second kappa shape index (κ2) is 5.81. The molecule has 19 heavy (non-hydrogen) atoms. The average Bonchev–Trinajstić information content (AvgIpc) is 2.33. The van der Waals surface area contributed by atoms with Gasteiger partial charge in [-0.15, -0.1) is 0 Å². The minimum absolute atomic E-state index is 0.128. The minimum atomic E-state index is -0.128. The molecule has 0 aromatic heterocycles. The van der Waals surface area contributed by atoms with Crippen LogP contribution in [0.2, 0.25) is 0 Å². The lowest BCUT2D eigenvalue weighted by atomic mass is 9.88. The Morgan fingerprint density at radius 2 is 2.32 bits per heavy atom. The van der Waals surface area contributed by atoms with Crippen molar-refractivity contribution in [3.63, 3.8) is 0 Å². The van der Waals surface area contributed by atoms with Gasteiger partial charge in [-0.1, -0.05) is 61.2 Å². The zero-order valence-electron chi connectivity index (χ0n) is 11.4. The number of nitrogens with one attached hydrogen (secondary N) is 1. The highest BCUT2D eigenvalue weighted by molar-refractivity contribution is 7.81. The van der Waals surface area contributed by atoms with Crippen LogP contribution in [0.5, 0.6) is 0 Å². The molecule has 1 nitrogen and oxygen atoms in total. The highest BCUT2D eigenvalue weighted by atomic mass is 32.1. The van der Waals surface area contributed by atoms with Gasteiger partial charge in [0.2, 0.25) is 0 Å². The monoisotopic (exact) mass is 271 g/mol. The van der Waals surface area contributed by atoms with Crippen molar-refractivity contribution in [2.45, 2.75) is 30.7 Å². The van der Waals surface area contributed by atoms with E-state index in [0.29, 0.717) is 6.04 Å². The van der Waals surface area contributed by atoms with E-state index in [0.717, 1.165) is 18.4 Å². The molecule has 0 aliphatic carbocycles. The standard InChI is InChI=1S/C17H21NS/c1-4-5-9-16-12-17(19,18-16)11-14(3)15-8-6-7-13(2)10-15/h4-10,16,18-19H,1,3,11-12H2,2H3/b9-5+. The summed E-state index contributed by atoms with van der Waals surface area (Å²) in [6.45, 7) is 9.98. The molecule has 1 aromatic carbocycles. The fraction of sp³-hybridized carbons (Fsp3) is 0.294. The van der Waals surface area contributed by atoms with Crippen molar-refractivity contribution in [3.05, 3.63) is 66.8 Å². The van der Waals surface area contributed by atoms with E-state index in [-0.39, 0.29) is 4.87 Å². The van der Waals surface area contributed by atoms with Crippen LogP contribution in [0.4, 0.5) is 0 Å². The fourth-order valence-corrected chi connectivity index (χ4v) is 3.01. The summed E-state index contributed by atoms with van der Waals surface area (Å²) in [5.74, 6) is 0. The Balaban J connectivity index is 1.94. The van der Waals surface area contributed by atoms with Crippen LogP contribution in [0, 0.1) is 6.92 Å². The largest absolute Gasteiger partial charge is 0.296 e. The predicted octanol–water partition coefficient (Wildman–Crippen LogP) is 4.13. The molecule has 1 aliphatic heterocycles. The van der Waals surface area contributed by atoms with Crippen molar-refractivity contribution >= 4 is 18.2 Å². The Labute approximate surface area is 121 Å². The van der Waals surface area contributed by atoms with Crippen LogP contribution in [0.3, 0.4) is 0 Å². The van der Waals surface area contributed by atoms with E-state index >= 15 is 0 Å². The van der Waals surface area contributed by atoms with E-state index in [1.807, 2.05) is 6.08 Å². The maximum Gasteiger partial charge on any atom is 0.0678 e. The Hall–Kier alpha value is -1.25. The highest BCUT2D eigenvalue weighted by Gasteiger charge is 2.39. The molecule has 0 bridgehead atoms. The van der Waals surface area contributed by atoms with Crippen molar-refractivity contribution in [1.82, 2.24) is 5.32 Å². The summed E-state index contributed by atoms with van der Waals surface area (Å²) in [7, 11) is 0. The van der Waals surface area contributed by atoms with E-state index in [1.54, 1.807) is 6.08 Å². The Morgan fingerprint density at radius 3 is 2.95 bits per heavy atom. The lowest BCUT2D eigenvalue weighted by Gasteiger charge is -2.45. The molecule has 1 fully saturated rings. The SMILES string of the molecule is C=C/C=C/C1CC(S)(CC(=C)c2cccc(C)c2)N1. The maximum atomic E-state index is 4.74. The van der Waals surface area contributed by atoms with Crippen LogP contribution in [0.1, 0.15) is 24.0 Å². The van der Waals surface area contributed by atoms with Gasteiger partial charge in [-0.3, -0.25) is 5.32 Å². The molecular weight excluding hydrogens is 250 g/mol. The molecule has 0 spiro atoms. The highest BCUT2D eigenvalue weighted by Crippen LogP contribution is 2.37. The van der Waals surface area contributed by atoms with Gasteiger partial charge in [0.1, 0.15) is 0 Å². The zero-order chi connectivity index (χ0) is 13.9. The van der Waals surface area contributed by atoms with Crippen molar-refractivity contribution in [2.75, 3.05) is 0 Å². The van der Waals surface area contributed by atoms with Gasteiger partial charge in [0.15, 0.2) is 0 Å². The predicted molar refractivity (Wildman–Crippen MR) is 87.4 cm³/mol. The van der Waals surface area contributed by atoms with Gasteiger partial charge in [-0.25, -0.2) is 0 Å². The van der Waals surface area contributed by atoms with Gasteiger partial charge < -0.3 is 0 Å². The first-order valence-corrected chi connectivity index (χ1v) is 7.01. The van der Waals surface area contributed by atoms with Crippen molar-refractivity contribution in [3.8, 4) is 0 Å². The minimum Gasteiger partial charge on any atom is -0.296 e. The lowest BCUT2D eigenvalue weighted by molar-refractivity contribution is 0.278. The van der Waals surface area contributed by atoms with E-state index in [2.05, 4.69) is 55.7 Å². The normalized spacial score (nSPS) is 26.1. The first-order chi connectivity index (χ1) is 9.02. The van der Waals surface area contributed by atoms with Crippen molar-refractivity contribution < 1.29 is 0 Å². The van der Waals surface area contributed by atoms with Crippen molar-refractivity contribution in [2.24, 2.45) is 0 Å². The van der Waals surface area contributed by atoms with Crippen LogP contribution >= 0.6 is 12.6 Å². The van der Waals surface area contributed by atoms with E-state index in [4.69, 9.17) is 12.6 Å². The number of aryl methyl sites for hydroxylation is 1. The molecule has 2 rings (SSSR count). The number of rotatable bonds is 5. The first kappa shape index (κ1) is 14.2. The smallest absolute Gasteiger partial charge is 0.0678 e. The third kappa shape index (κ3) is 3.62. The van der Waals surface area contributed by atoms with Gasteiger partial charge in [0.25, 0.3) is 0 Å². The average molecular weight is 271 g/mol. The molecular formula is C17H21NS. The number of hydrogen-bond donors (Lipinski definition) is 2. The lowest BCUT2D eigenvalue weighted by Crippen LogP contribution is -2.59. The summed E-state index contributed by atoms with van der Waals surface area (Å²) in [6, 6.07) is 8.87. The number of allylic oxidation sites excluding steroid dienone is 2. The third-order valence-electron chi connectivity index (χ3n) is 3.42. The van der Waals surface area contributed by atoms with Crippen LogP contribution in [0.25, 0.3) is 5.57 Å². The third-order valence-corrected chi connectivity index (χ3v) is 3.89. The second-order valence-electron chi connectivity index (χ2n) is 5.26. The first-order valence-electron chi connectivity index (χ1n) is 6.56. The Bertz CT molecular complexity index is 510. The van der Waals surface area contributed by atoms with E-state index in [1.165, 1.54) is 11.1 Å². The van der Waals surface area contributed by atoms with Gasteiger partial charge >= 0.3 is 0 Å². The molecule has 1 N–H and O–H groups in total. The Morgan fingerprint density at radius 1 is 1.58 bits per heavy atom. The molecule has 0 saturated carbocycles. The maximum absolute atomic E-state index is 4.74. The molecule has 2 unspecified atom stereocenters. The fourth-order valence-electron chi connectivity index (χ4n) is 2.46. The van der Waals surface area contributed by atoms with Crippen LogP contribution in [0.15, 0.2) is 55.7 Å². The molecule has 100 valence electrons. The van der Waals surface area contributed by atoms with Gasteiger partial charge in [-0.05, 0) is 30.9 Å². The number of hydrogen-bond acceptors (Lipinski definition) is 2. The molecule has 1 aliphatic rings. The second-order valence-corrected chi connectivity index (χ2v) is 6.11. The number of thiol groups is 1. The quantitative estimate of drug-likeness (QED) is 0.606. The summed E-state index contributed by atoms with van der Waals surface area (Å²) in [4.78, 5) is -0.128.